The number of hydrogen-bond acceptors (Lipinski definition) is 4. The smallest absolute Gasteiger partial charge is 0.308 e. The molecule has 2 aromatic carbocycles. The van der Waals surface area contributed by atoms with Gasteiger partial charge in [-0.2, -0.15) is 13.2 Å². The largest absolute Gasteiger partial charge is 0.351 e. The van der Waals surface area contributed by atoms with E-state index in [9.17, 15) is 0 Å². The summed E-state index contributed by atoms with van der Waals surface area (Å²) in [4.78, 5) is 6.42. The Hall–Kier alpha value is -2.73. The third kappa shape index (κ3) is 8.12. The van der Waals surface area contributed by atoms with Crippen LogP contribution in [-0.4, -0.2) is 18.4 Å². The lowest BCUT2D eigenvalue weighted by molar-refractivity contribution is 0.620. The van der Waals surface area contributed by atoms with Gasteiger partial charge in [-0.1, -0.05) is 60.7 Å². The number of H-pyrrole nitrogens is 1. The van der Waals surface area contributed by atoms with Crippen LogP contribution >= 0.6 is 0 Å². The van der Waals surface area contributed by atoms with E-state index in [2.05, 4.69) is 58.5 Å². The topological polar surface area (TPSA) is 86.7 Å². The van der Waals surface area contributed by atoms with E-state index in [-0.39, 0.29) is 0 Å². The molecule has 6 heteroatoms. The monoisotopic (exact) mass is 301 g/mol. The molecule has 0 bridgehead atoms. The summed E-state index contributed by atoms with van der Waals surface area (Å²) in [5.41, 5.74) is 2.55. The molecule has 0 aliphatic rings. The summed E-state index contributed by atoms with van der Waals surface area (Å²) in [6, 6.07) is 20.8. The number of rotatable bonds is 1. The van der Waals surface area contributed by atoms with Gasteiger partial charge in [0.1, 0.15) is 0 Å². The number of aromatic amines is 1. The molecule has 108 valence electrons. The highest BCUT2D eigenvalue weighted by atomic mass is 32.2. The lowest BCUT2D eigenvalue weighted by Gasteiger charge is -1.98. The maximum atomic E-state index is 8.67. The molecule has 3 rings (SSSR count). The Balaban J connectivity index is 0.000000203. The zero-order chi connectivity index (χ0) is 15.3. The first-order valence-electron chi connectivity index (χ1n) is 6.04. The molecule has 0 atom stereocenters. The average molecular weight is 301 g/mol. The van der Waals surface area contributed by atoms with Gasteiger partial charge in [0.05, 0.1) is 6.33 Å². The summed E-state index contributed by atoms with van der Waals surface area (Å²) in [5, 5.41) is 0. The van der Waals surface area contributed by atoms with Gasteiger partial charge in [0.2, 0.25) is 0 Å². The number of nitrogens with one attached hydrogen (secondary N) is 2. The Morgan fingerprint density at radius 3 is 1.52 bits per heavy atom. The molecule has 0 amide bonds. The van der Waals surface area contributed by atoms with E-state index in [1.165, 1.54) is 11.1 Å². The van der Waals surface area contributed by atoms with Crippen LogP contribution in [0.4, 0.5) is 0 Å². The third-order valence-electron chi connectivity index (χ3n) is 2.29. The molecule has 21 heavy (non-hydrogen) atoms. The summed E-state index contributed by atoms with van der Waals surface area (Å²) in [6.07, 6.45) is 5.08. The van der Waals surface area contributed by atoms with Gasteiger partial charge in [0.15, 0.2) is 0 Å². The molecule has 0 aliphatic heterocycles. The van der Waals surface area contributed by atoms with Crippen molar-refractivity contribution in [1.29, 1.82) is 4.78 Å². The van der Waals surface area contributed by atoms with Crippen molar-refractivity contribution in [2.75, 3.05) is 0 Å². The van der Waals surface area contributed by atoms with Gasteiger partial charge in [0, 0.05) is 12.4 Å². The molecule has 1 heterocycles. The molecule has 0 unspecified atom stereocenters. The summed E-state index contributed by atoms with van der Waals surface area (Å²) < 4.78 is 22.8. The number of nitrogens with zero attached hydrogens (tertiary/aromatic N) is 1. The summed E-state index contributed by atoms with van der Waals surface area (Å²) >= 11 is 0. The first-order chi connectivity index (χ1) is 10.2. The van der Waals surface area contributed by atoms with Crippen LogP contribution in [0.25, 0.3) is 11.1 Å². The van der Waals surface area contributed by atoms with Gasteiger partial charge >= 0.3 is 10.5 Å². The lowest BCUT2D eigenvalue weighted by atomic mass is 10.1. The van der Waals surface area contributed by atoms with Gasteiger partial charge in [-0.25, -0.2) is 4.98 Å². The number of imidazole rings is 1. The summed E-state index contributed by atoms with van der Waals surface area (Å²) in [5.74, 6) is 0. The third-order valence-corrected chi connectivity index (χ3v) is 2.29. The van der Waals surface area contributed by atoms with Crippen molar-refractivity contribution in [2.24, 2.45) is 0 Å². The van der Waals surface area contributed by atoms with Crippen molar-refractivity contribution in [2.45, 2.75) is 0 Å². The second-order valence-electron chi connectivity index (χ2n) is 3.73. The maximum Gasteiger partial charge on any atom is 0.308 e. The van der Waals surface area contributed by atoms with Crippen LogP contribution in [0.2, 0.25) is 0 Å². The predicted octanol–water partition coefficient (Wildman–Crippen LogP) is 3.39. The molecule has 0 aliphatic carbocycles. The highest BCUT2D eigenvalue weighted by molar-refractivity contribution is 7.60. The van der Waals surface area contributed by atoms with Crippen LogP contribution in [0, 0.1) is 4.78 Å². The van der Waals surface area contributed by atoms with Crippen molar-refractivity contribution in [3.05, 3.63) is 79.4 Å². The lowest BCUT2D eigenvalue weighted by Crippen LogP contribution is -1.73. The van der Waals surface area contributed by atoms with Crippen molar-refractivity contribution in [1.82, 2.24) is 9.97 Å². The summed E-state index contributed by atoms with van der Waals surface area (Å²) in [7, 11) is -2.61. The van der Waals surface area contributed by atoms with E-state index in [1.807, 2.05) is 12.1 Å². The predicted molar refractivity (Wildman–Crippen MR) is 82.1 cm³/mol. The van der Waals surface area contributed by atoms with Crippen molar-refractivity contribution >= 4 is 10.5 Å². The highest BCUT2D eigenvalue weighted by Crippen LogP contribution is 2.17. The molecule has 5 nitrogen and oxygen atoms in total. The zero-order valence-electron chi connectivity index (χ0n) is 11.2. The Labute approximate surface area is 124 Å². The molecule has 0 saturated carbocycles. The Morgan fingerprint density at radius 1 is 0.857 bits per heavy atom. The van der Waals surface area contributed by atoms with Gasteiger partial charge in [-0.3, -0.25) is 0 Å². The minimum absolute atomic E-state index is 1.28. The highest BCUT2D eigenvalue weighted by Gasteiger charge is 1.91. The first-order valence-corrected chi connectivity index (χ1v) is 7.11. The van der Waals surface area contributed by atoms with Crippen LogP contribution in [0.15, 0.2) is 79.4 Å². The molecular weight excluding hydrogens is 286 g/mol. The van der Waals surface area contributed by atoms with Crippen LogP contribution in [-0.2, 0) is 10.5 Å². The Kier molecular flexibility index (Phi) is 7.86. The second-order valence-corrected chi connectivity index (χ2v) is 4.20. The molecule has 2 N–H and O–H groups in total. The molecule has 1 aromatic heterocycles. The molecule has 0 spiro atoms. The number of hydrogen-bond donors (Lipinski definition) is 2. The van der Waals surface area contributed by atoms with Crippen LogP contribution in [0.5, 0.6) is 0 Å². The van der Waals surface area contributed by atoms with Crippen LogP contribution < -0.4 is 0 Å². The standard InChI is InChI=1S/C12H10.C3H4N2.HNO2S/c1-3-7-11(8-4-1)12-9-5-2-6-10-12;1-2-5-3-4-1;1-4(2)3/h1-10H;1-3H,(H,4,5);1H. The van der Waals surface area contributed by atoms with Gasteiger partial charge in [-0.05, 0) is 11.1 Å². The fraction of sp³-hybridized carbons (Fsp3) is 0. The minimum Gasteiger partial charge on any atom is -0.351 e. The van der Waals surface area contributed by atoms with Crippen LogP contribution in [0.1, 0.15) is 0 Å². The molecule has 0 radical (unpaired) electrons. The minimum atomic E-state index is -2.61. The van der Waals surface area contributed by atoms with Crippen molar-refractivity contribution < 1.29 is 8.42 Å². The van der Waals surface area contributed by atoms with Gasteiger partial charge in [0.25, 0.3) is 0 Å². The summed E-state index contributed by atoms with van der Waals surface area (Å²) in [6.45, 7) is 0. The fourth-order valence-corrected chi connectivity index (χ4v) is 1.48. The zero-order valence-corrected chi connectivity index (χ0v) is 12.0. The van der Waals surface area contributed by atoms with E-state index < -0.39 is 10.5 Å². The van der Waals surface area contributed by atoms with E-state index in [1.54, 1.807) is 18.7 Å². The van der Waals surface area contributed by atoms with Gasteiger partial charge < -0.3 is 4.98 Å². The normalized spacial score (nSPS) is 8.57. The maximum absolute atomic E-state index is 8.67. The van der Waals surface area contributed by atoms with Gasteiger partial charge in [-0.15, -0.1) is 0 Å². The first kappa shape index (κ1) is 16.3. The average Bonchev–Trinajstić information content (AvgIpc) is 3.08. The van der Waals surface area contributed by atoms with Crippen LogP contribution in [0.3, 0.4) is 0 Å². The second kappa shape index (κ2) is 10.1. The molecular formula is C15H15N3O2S. The number of benzene rings is 2. The number of aromatic nitrogens is 2. The van der Waals surface area contributed by atoms with E-state index in [0.29, 0.717) is 0 Å². The fourth-order valence-electron chi connectivity index (χ4n) is 1.48. The molecule has 0 saturated heterocycles. The quantitative estimate of drug-likeness (QED) is 0.722. The van der Waals surface area contributed by atoms with Crippen molar-refractivity contribution in [3.8, 4) is 11.1 Å². The Morgan fingerprint density at radius 2 is 1.29 bits per heavy atom. The van der Waals surface area contributed by atoms with E-state index in [4.69, 9.17) is 13.2 Å². The molecule has 0 fully saturated rings. The van der Waals surface area contributed by atoms with E-state index in [0.717, 1.165) is 0 Å². The van der Waals surface area contributed by atoms with Crippen molar-refractivity contribution in [3.63, 3.8) is 0 Å². The Bertz CT molecular complexity index is 636. The SMILES string of the molecule is N=S(=O)=O.c1c[nH]cn1.c1ccc(-c2ccccc2)cc1. The van der Waals surface area contributed by atoms with E-state index >= 15 is 0 Å². The molecule has 3 aromatic rings.